The first kappa shape index (κ1) is 94.3. The second kappa shape index (κ2) is 48.1. The van der Waals surface area contributed by atoms with Gasteiger partial charge in [0.15, 0.2) is 34.5 Å². The van der Waals surface area contributed by atoms with Crippen LogP contribution in [0.4, 0.5) is 11.6 Å². The fourth-order valence-electron chi connectivity index (χ4n) is 9.08. The summed E-state index contributed by atoms with van der Waals surface area (Å²) in [4.78, 5) is 41.2. The third-order valence-corrected chi connectivity index (χ3v) is 19.3. The molecule has 0 bridgehead atoms. The minimum absolute atomic E-state index is 0.0142. The minimum atomic E-state index is -0.363. The molecule has 114 heavy (non-hydrogen) atoms. The molecule has 0 aliphatic carbocycles. The van der Waals surface area contributed by atoms with Gasteiger partial charge in [0, 0.05) is 89.6 Å². The monoisotopic (exact) mass is 1950 g/mol. The van der Waals surface area contributed by atoms with E-state index in [1.165, 1.54) is 6.20 Å². The number of ether oxygens (including phenoxy) is 10. The molecule has 36 heteroatoms. The van der Waals surface area contributed by atoms with E-state index in [0.29, 0.717) is 138 Å². The summed E-state index contributed by atoms with van der Waals surface area (Å²) in [5.41, 5.74) is 20.7. The van der Waals surface area contributed by atoms with Crippen LogP contribution in [0.2, 0.25) is 0 Å². The van der Waals surface area contributed by atoms with E-state index < -0.39 is 0 Å². The summed E-state index contributed by atoms with van der Waals surface area (Å²) in [5, 5.41) is 43.2. The lowest BCUT2D eigenvalue weighted by atomic mass is 9.80. The highest BCUT2D eigenvalue weighted by Crippen LogP contribution is 2.38. The molecule has 5 aliphatic heterocycles. The highest BCUT2D eigenvalue weighted by atomic mass is 79.9. The van der Waals surface area contributed by atoms with Gasteiger partial charge in [-0.25, -0.2) is 44.9 Å². The third kappa shape index (κ3) is 31.6. The molecule has 15 heterocycles. The largest absolute Gasteiger partial charge is 0.506 e. The summed E-state index contributed by atoms with van der Waals surface area (Å²) in [6.45, 7) is 28.9. The van der Waals surface area contributed by atoms with Crippen LogP contribution >= 0.6 is 95.6 Å². The summed E-state index contributed by atoms with van der Waals surface area (Å²) in [7, 11) is -0.363. The fraction of sp³-hybridized carbons (Fsp3) is 0.359. The summed E-state index contributed by atoms with van der Waals surface area (Å²) < 4.78 is 68.7. The topological polar surface area (TPSA) is 393 Å². The first-order chi connectivity index (χ1) is 54.3. The molecule has 15 rings (SSSR count). The smallest absolute Gasteiger partial charge is 0.496 e. The van der Waals surface area contributed by atoms with Gasteiger partial charge in [0.05, 0.1) is 48.6 Å². The van der Waals surface area contributed by atoms with E-state index in [4.69, 9.17) is 93.7 Å². The van der Waals surface area contributed by atoms with Crippen molar-refractivity contribution >= 4 is 120 Å². The molecule has 1 fully saturated rings. The fourth-order valence-corrected chi connectivity index (χ4v) is 11.1. The summed E-state index contributed by atoms with van der Waals surface area (Å²) in [5.74, 6) is 7.98. The number of alkyl halides is 1. The van der Waals surface area contributed by atoms with Crippen molar-refractivity contribution < 1.29 is 82.2 Å². The van der Waals surface area contributed by atoms with Crippen LogP contribution in [-0.4, -0.2) is 185 Å². The minimum Gasteiger partial charge on any atom is -0.506 e. The number of rotatable bonds is 9. The Morgan fingerprint density at radius 2 is 0.807 bits per heavy atom. The zero-order valence-corrected chi connectivity index (χ0v) is 74.6. The molecule has 0 amide bonds. The van der Waals surface area contributed by atoms with Crippen molar-refractivity contribution in [3.05, 3.63) is 190 Å². The normalized spacial score (nSPS) is 13.5. The number of hydrogen-bond donors (Lipinski definition) is 7. The van der Waals surface area contributed by atoms with Gasteiger partial charge in [-0.1, -0.05) is 22.0 Å². The van der Waals surface area contributed by atoms with E-state index >= 15 is 0 Å². The summed E-state index contributed by atoms with van der Waals surface area (Å²) in [6.07, 6.45) is 4.85. The Kier molecular flexibility index (Phi) is 39.8. The van der Waals surface area contributed by atoms with Gasteiger partial charge in [0.1, 0.15) is 103 Å². The number of aromatic hydroxyl groups is 2. The van der Waals surface area contributed by atoms with E-state index in [9.17, 15) is 0 Å². The zero-order valence-electron chi connectivity index (χ0n) is 65.1. The molecule has 0 unspecified atom stereocenters. The molecule has 10 aromatic rings. The molecule has 0 radical (unpaired) electrons. The number of anilines is 2. The van der Waals surface area contributed by atoms with E-state index in [1.54, 1.807) is 48.8 Å². The lowest BCUT2D eigenvalue weighted by Gasteiger charge is -2.32. The Morgan fingerprint density at radius 1 is 0.412 bits per heavy atom. The number of pyridine rings is 10. The molecule has 10 aromatic heterocycles. The molecule has 0 saturated carbocycles. The molecule has 0 aromatic carbocycles. The quantitative estimate of drug-likeness (QED) is 0.0401. The summed E-state index contributed by atoms with van der Waals surface area (Å²) >= 11 is 19.4. The van der Waals surface area contributed by atoms with Crippen molar-refractivity contribution in [2.45, 2.75) is 94.3 Å². The van der Waals surface area contributed by atoms with Crippen LogP contribution in [0.25, 0.3) is 11.1 Å². The third-order valence-electron chi connectivity index (χ3n) is 15.6. The zero-order chi connectivity index (χ0) is 83.5. The Bertz CT molecular complexity index is 4420. The van der Waals surface area contributed by atoms with Crippen LogP contribution in [-0.2, 0) is 9.31 Å². The van der Waals surface area contributed by atoms with Gasteiger partial charge >= 0.3 is 7.12 Å². The number of nitrogen functional groups attached to an aromatic ring is 2. The Morgan fingerprint density at radius 3 is 1.20 bits per heavy atom. The first-order valence-electron chi connectivity index (χ1n) is 35.3. The number of aromatic nitrogens is 10. The van der Waals surface area contributed by atoms with Gasteiger partial charge in [-0.15, -0.1) is 0 Å². The van der Waals surface area contributed by atoms with Crippen LogP contribution in [0, 0.1) is 55.4 Å². The second-order valence-electron chi connectivity index (χ2n) is 25.2. The Labute approximate surface area is 713 Å². The molecule has 612 valence electrons. The van der Waals surface area contributed by atoms with Crippen LogP contribution in [0.3, 0.4) is 0 Å². The number of hydrogen-bond acceptors (Lipinski definition) is 29. The van der Waals surface area contributed by atoms with Crippen molar-refractivity contribution in [2.24, 2.45) is 0 Å². The van der Waals surface area contributed by atoms with E-state index in [1.807, 2.05) is 150 Å². The number of aliphatic hydroxyl groups excluding tert-OH is 3. The molecule has 9 N–H and O–H groups in total. The first-order valence-corrected chi connectivity index (χ1v) is 40.4. The molecule has 0 atom stereocenters. The van der Waals surface area contributed by atoms with Gasteiger partial charge in [-0.05, 0) is 248 Å². The predicted molar refractivity (Wildman–Crippen MR) is 456 cm³/mol. The number of nitrogens with two attached hydrogens (primary N) is 2. The van der Waals surface area contributed by atoms with E-state index in [0.717, 1.165) is 88.3 Å². The predicted octanol–water partition coefficient (Wildman–Crippen LogP) is 14.2. The number of aliphatic hydroxyl groups is 3. The van der Waals surface area contributed by atoms with Crippen LogP contribution in [0.5, 0.6) is 69.5 Å². The lowest BCUT2D eigenvalue weighted by Crippen LogP contribution is -2.41. The number of nitrogens with zero attached hydrogens (tertiary/aromatic N) is 10. The number of aryl methyl sites for hydroxylation is 8. The van der Waals surface area contributed by atoms with Crippen molar-refractivity contribution in [1.82, 2.24) is 49.8 Å². The second-order valence-corrected chi connectivity index (χ2v) is 30.0. The number of fused-ring (bicyclic) bond motifs is 4. The lowest BCUT2D eigenvalue weighted by molar-refractivity contribution is 0.00578. The average Bonchev–Trinajstić information content (AvgIpc) is 1.61. The van der Waals surface area contributed by atoms with Crippen molar-refractivity contribution in [2.75, 3.05) is 103 Å². The molecule has 5 aliphatic rings. The Hall–Kier alpha value is -8.56. The van der Waals surface area contributed by atoms with Crippen LogP contribution in [0.1, 0.15) is 73.2 Å². The molecular weight excluding hydrogens is 1870 g/mol. The molecule has 0 spiro atoms. The highest BCUT2D eigenvalue weighted by Gasteiger charge is 2.51. The standard InChI is InChI=1S/C13H13N3O2.C11H17BN2O2.2C8H8BrNO2.2C8H10BrNO2.C8H9NO2.C6H6BrNO.C6H7NO.C2H5BrO/c1-8-10(9-2-3-12(14)15-7-9)6-11-13(16-8)18-5-4-17-11;1-10(2)11(3,4)16-12(15-10)8-5-6-9(13)14-7-8;2*1-5-6(9)4-7-8(10-5)12-3-2-11-7;2*1-6-2-3-7(8(9)10-6)12-5-4-11;1-6-2-3-7-8(9-6)11-5-4-10-7;1-4-2-3-5(9)6(7)8-4;1-5-2-3-6(8)4-7-5;3-1-2-4/h2-3,6-7H,4-5H2,1H3,(H2,14,15);5-7H,1-4H3,(H2,13,14);2*4H,2-3H2,1H3;2*2-3,11H,4-5H2,1H3;2-3H,4-5H2,1H3;2-3,9H,1H3;2-4,8H,1H3;4H,1-2H2. The van der Waals surface area contributed by atoms with Gasteiger partial charge in [-0.3, -0.25) is 4.98 Å². The average molecular weight is 1960 g/mol. The molecule has 1 saturated heterocycles. The maximum atomic E-state index is 8.93. The highest BCUT2D eigenvalue weighted by molar-refractivity contribution is 9.11. The van der Waals surface area contributed by atoms with Crippen molar-refractivity contribution in [1.29, 1.82) is 0 Å². The van der Waals surface area contributed by atoms with Crippen LogP contribution in [0.15, 0.2) is 144 Å². The number of halogens is 6. The van der Waals surface area contributed by atoms with Crippen molar-refractivity contribution in [3.8, 4) is 80.6 Å². The van der Waals surface area contributed by atoms with Gasteiger partial charge in [0.25, 0.3) is 23.5 Å². The van der Waals surface area contributed by atoms with Crippen LogP contribution < -0.4 is 64.3 Å². The van der Waals surface area contributed by atoms with Gasteiger partial charge < -0.3 is 93.7 Å². The summed E-state index contributed by atoms with van der Waals surface area (Å²) in [6, 6.07) is 30.9. The van der Waals surface area contributed by atoms with Crippen molar-refractivity contribution in [3.63, 3.8) is 0 Å². The van der Waals surface area contributed by atoms with E-state index in [2.05, 4.69) is 145 Å². The SMILES string of the molecule is CC1(C)OB(c2ccc(N)nc2)OC1(C)C.Cc1ccc(O)c(Br)n1.Cc1ccc(O)cn1.Cc1ccc(OCCO)c(Br)n1.Cc1ccc(OCCO)c(Br)n1.Cc1ccc2c(n1)OCCO2.Cc1nc2c(cc1-c1ccc(N)nc1)OCCO2.Cc1nc2c(cc1Br)OCCO2.Cc1nc2c(cc1Br)OCCO2.OCCBr. The maximum absolute atomic E-state index is 8.93. The van der Waals surface area contributed by atoms with Gasteiger partial charge in [0.2, 0.25) is 0 Å². The maximum Gasteiger partial charge on any atom is 0.496 e. The van der Waals surface area contributed by atoms with Gasteiger partial charge in [-0.2, -0.15) is 0 Å². The Balaban J connectivity index is 0.000000200. The molecule has 29 nitrogen and oxygen atoms in total. The molecular formula is C78H93BBr6N12O17. The van der Waals surface area contributed by atoms with E-state index in [-0.39, 0.29) is 49.6 Å².